The fraction of sp³-hybridized carbons (Fsp3) is 0.214. The molecule has 0 radical (unpaired) electrons. The second-order valence-corrected chi connectivity index (χ2v) is 5.11. The lowest BCUT2D eigenvalue weighted by atomic mass is 10.1. The van der Waals surface area contributed by atoms with Gasteiger partial charge in [0.2, 0.25) is 0 Å². The molecule has 4 nitrogen and oxygen atoms in total. The highest BCUT2D eigenvalue weighted by atomic mass is 35.5. The summed E-state index contributed by atoms with van der Waals surface area (Å²) in [5, 5.41) is 8.86. The van der Waals surface area contributed by atoms with Gasteiger partial charge in [-0.1, -0.05) is 28.8 Å². The average Bonchev–Trinajstić information content (AvgIpc) is 2.71. The van der Waals surface area contributed by atoms with E-state index in [1.807, 2.05) is 11.3 Å². The Hall–Kier alpha value is -1.94. The van der Waals surface area contributed by atoms with E-state index in [0.29, 0.717) is 10.8 Å². The zero-order chi connectivity index (χ0) is 13.6. The molecule has 0 aliphatic rings. The van der Waals surface area contributed by atoms with Gasteiger partial charge in [0.25, 0.3) is 0 Å². The molecule has 1 aromatic carbocycles. The molecule has 3 rings (SSSR count). The molecule has 0 bridgehead atoms. The van der Waals surface area contributed by atoms with Crippen molar-refractivity contribution in [2.75, 3.05) is 0 Å². The minimum Gasteiger partial charge on any atom is -0.263 e. The molecule has 3 aromatic rings. The third kappa shape index (κ3) is 2.08. The van der Waals surface area contributed by atoms with Crippen LogP contribution in [0.4, 0.5) is 0 Å². The molecule has 96 valence electrons. The minimum atomic E-state index is 0.435. The van der Waals surface area contributed by atoms with Crippen molar-refractivity contribution in [3.63, 3.8) is 0 Å². The Morgan fingerprint density at radius 1 is 0.947 bits per heavy atom. The number of halogens is 1. The maximum absolute atomic E-state index is 5.94. The summed E-state index contributed by atoms with van der Waals surface area (Å²) in [6.45, 7) is 6.04. The average molecular weight is 273 g/mol. The molecule has 2 aromatic heterocycles. The van der Waals surface area contributed by atoms with Crippen LogP contribution in [0.1, 0.15) is 17.0 Å². The van der Waals surface area contributed by atoms with Gasteiger partial charge in [0.15, 0.2) is 11.5 Å². The van der Waals surface area contributed by atoms with Crippen molar-refractivity contribution in [3.05, 3.63) is 46.4 Å². The molecule has 0 spiro atoms. The lowest BCUT2D eigenvalue weighted by molar-refractivity contribution is 0.988. The van der Waals surface area contributed by atoms with Crippen LogP contribution in [0.15, 0.2) is 24.3 Å². The van der Waals surface area contributed by atoms with Gasteiger partial charge < -0.3 is 0 Å². The maximum Gasteiger partial charge on any atom is 0.169 e. The first-order valence-corrected chi connectivity index (χ1v) is 6.39. The normalized spacial score (nSPS) is 11.2. The first-order valence-electron chi connectivity index (χ1n) is 6.01. The van der Waals surface area contributed by atoms with Crippen molar-refractivity contribution in [3.8, 4) is 11.4 Å². The smallest absolute Gasteiger partial charge is 0.169 e. The molecular weight excluding hydrogens is 260 g/mol. The molecule has 0 atom stereocenters. The van der Waals surface area contributed by atoms with Crippen molar-refractivity contribution in [2.24, 2.45) is 0 Å². The maximum atomic E-state index is 5.94. The van der Waals surface area contributed by atoms with Crippen LogP contribution in [0, 0.1) is 20.8 Å². The van der Waals surface area contributed by atoms with Crippen LogP contribution in [-0.2, 0) is 0 Å². The molecular formula is C14H13ClN4. The lowest BCUT2D eigenvalue weighted by Gasteiger charge is -2.05. The molecule has 2 heterocycles. The fourth-order valence-electron chi connectivity index (χ4n) is 2.34. The first-order chi connectivity index (χ1) is 9.04. The number of aryl methyl sites for hydroxylation is 3. The molecule has 0 aliphatic heterocycles. The van der Waals surface area contributed by atoms with Gasteiger partial charge in [-0.25, -0.2) is 4.98 Å². The predicted molar refractivity (Wildman–Crippen MR) is 75.4 cm³/mol. The van der Waals surface area contributed by atoms with E-state index in [9.17, 15) is 0 Å². The number of hydrogen-bond acceptors (Lipinski definition) is 3. The lowest BCUT2D eigenvalue weighted by Crippen LogP contribution is -1.98. The third-order valence-corrected chi connectivity index (χ3v) is 3.20. The molecule has 5 heteroatoms. The van der Waals surface area contributed by atoms with Gasteiger partial charge in [0.1, 0.15) is 11.0 Å². The van der Waals surface area contributed by atoms with E-state index < -0.39 is 0 Å². The van der Waals surface area contributed by atoms with Crippen LogP contribution in [-0.4, -0.2) is 19.6 Å². The summed E-state index contributed by atoms with van der Waals surface area (Å²) >= 11 is 5.94. The Bertz CT molecular complexity index is 756. The summed E-state index contributed by atoms with van der Waals surface area (Å²) < 4.78 is 1.92. The van der Waals surface area contributed by atoms with Gasteiger partial charge in [-0.05, 0) is 32.9 Å². The summed E-state index contributed by atoms with van der Waals surface area (Å²) in [5.41, 5.74) is 4.15. The van der Waals surface area contributed by atoms with Gasteiger partial charge in [-0.3, -0.25) is 4.40 Å². The van der Waals surface area contributed by atoms with E-state index in [1.165, 1.54) is 11.1 Å². The highest BCUT2D eigenvalue weighted by Gasteiger charge is 2.12. The fourth-order valence-corrected chi connectivity index (χ4v) is 2.56. The van der Waals surface area contributed by atoms with Gasteiger partial charge >= 0.3 is 0 Å². The number of aromatic nitrogens is 4. The topological polar surface area (TPSA) is 43.1 Å². The number of fused-ring (bicyclic) bond motifs is 1. The molecule has 0 amide bonds. The zero-order valence-corrected chi connectivity index (χ0v) is 11.7. The molecule has 0 N–H and O–H groups in total. The van der Waals surface area contributed by atoms with Gasteiger partial charge in [-0.2, -0.15) is 0 Å². The predicted octanol–water partition coefficient (Wildman–Crippen LogP) is 3.37. The van der Waals surface area contributed by atoms with E-state index >= 15 is 0 Å². The van der Waals surface area contributed by atoms with E-state index in [-0.39, 0.29) is 0 Å². The van der Waals surface area contributed by atoms with Crippen LogP contribution in [0.25, 0.3) is 17.0 Å². The van der Waals surface area contributed by atoms with E-state index in [1.54, 1.807) is 6.07 Å². The quantitative estimate of drug-likeness (QED) is 0.638. The van der Waals surface area contributed by atoms with E-state index in [4.69, 9.17) is 11.6 Å². The van der Waals surface area contributed by atoms with Gasteiger partial charge in [-0.15, -0.1) is 10.2 Å². The summed E-state index contributed by atoms with van der Waals surface area (Å²) in [7, 11) is 0. The number of rotatable bonds is 1. The second kappa shape index (κ2) is 4.31. The second-order valence-electron chi connectivity index (χ2n) is 4.72. The van der Waals surface area contributed by atoms with Crippen molar-refractivity contribution in [1.29, 1.82) is 0 Å². The highest BCUT2D eigenvalue weighted by Crippen LogP contribution is 2.23. The number of nitrogens with zero attached hydrogens (tertiary/aromatic N) is 4. The third-order valence-electron chi connectivity index (χ3n) is 3.01. The largest absolute Gasteiger partial charge is 0.263 e. The van der Waals surface area contributed by atoms with Crippen LogP contribution in [0.5, 0.6) is 0 Å². The van der Waals surface area contributed by atoms with Crippen molar-refractivity contribution >= 4 is 17.2 Å². The number of hydrogen-bond donors (Lipinski definition) is 0. The monoisotopic (exact) mass is 272 g/mol. The van der Waals surface area contributed by atoms with Crippen LogP contribution in [0.2, 0.25) is 5.15 Å². The molecule has 0 aliphatic carbocycles. The minimum absolute atomic E-state index is 0.435. The molecule has 19 heavy (non-hydrogen) atoms. The Morgan fingerprint density at radius 2 is 1.63 bits per heavy atom. The Balaban J connectivity index is 2.31. The summed E-state index contributed by atoms with van der Waals surface area (Å²) in [5.74, 6) is 1.57. The molecule has 0 unspecified atom stereocenters. The molecule has 0 saturated carbocycles. The van der Waals surface area contributed by atoms with Crippen molar-refractivity contribution < 1.29 is 0 Å². The van der Waals surface area contributed by atoms with Gasteiger partial charge in [0, 0.05) is 11.6 Å². The Morgan fingerprint density at radius 3 is 2.32 bits per heavy atom. The number of benzene rings is 1. The summed E-state index contributed by atoms with van der Waals surface area (Å²) in [6.07, 6.45) is 0. The summed E-state index contributed by atoms with van der Waals surface area (Å²) in [4.78, 5) is 4.25. The van der Waals surface area contributed by atoms with Crippen molar-refractivity contribution in [1.82, 2.24) is 19.6 Å². The first kappa shape index (κ1) is 12.1. The Labute approximate surface area is 116 Å². The Kier molecular flexibility index (Phi) is 2.75. The van der Waals surface area contributed by atoms with Crippen LogP contribution < -0.4 is 0 Å². The van der Waals surface area contributed by atoms with Crippen LogP contribution >= 0.6 is 11.6 Å². The van der Waals surface area contributed by atoms with Gasteiger partial charge in [0.05, 0.1) is 0 Å². The molecule has 0 fully saturated rings. The summed E-state index contributed by atoms with van der Waals surface area (Å²) in [6, 6.07) is 8.04. The van der Waals surface area contributed by atoms with E-state index in [0.717, 1.165) is 17.2 Å². The highest BCUT2D eigenvalue weighted by molar-refractivity contribution is 6.29. The van der Waals surface area contributed by atoms with Crippen LogP contribution in [0.3, 0.4) is 0 Å². The van der Waals surface area contributed by atoms with Crippen molar-refractivity contribution in [2.45, 2.75) is 20.8 Å². The van der Waals surface area contributed by atoms with E-state index in [2.05, 4.69) is 47.2 Å². The standard InChI is InChI=1S/C14H13ClN4/c1-8-4-9(2)6-11(5-8)14-18-17-13-7-12(15)16-10(3)19(13)14/h4-7H,1-3H3. The zero-order valence-electron chi connectivity index (χ0n) is 11.0. The molecule has 0 saturated heterocycles. The SMILES string of the molecule is Cc1cc(C)cc(-c2nnc3cc(Cl)nc(C)n23)c1.